The number of aromatic nitrogens is 1. The van der Waals surface area contributed by atoms with Gasteiger partial charge in [-0.05, 0) is 18.6 Å². The summed E-state index contributed by atoms with van der Waals surface area (Å²) in [4.78, 5) is 25.6. The van der Waals surface area contributed by atoms with Crippen LogP contribution in [0.15, 0.2) is 30.6 Å². The molecule has 5 nitrogen and oxygen atoms in total. The molecule has 4 N–H and O–H groups in total. The summed E-state index contributed by atoms with van der Waals surface area (Å²) in [5.74, 6) is -1.26. The van der Waals surface area contributed by atoms with Crippen LogP contribution in [0.2, 0.25) is 0 Å². The van der Waals surface area contributed by atoms with Gasteiger partial charge >= 0.3 is 0 Å². The molecule has 0 aliphatic rings. The lowest BCUT2D eigenvalue weighted by atomic mass is 9.99. The third-order valence-corrected chi connectivity index (χ3v) is 3.14. The molecule has 110 valence electrons. The van der Waals surface area contributed by atoms with Crippen molar-refractivity contribution < 1.29 is 14.0 Å². The van der Waals surface area contributed by atoms with Crippen molar-refractivity contribution in [2.45, 2.75) is 13.3 Å². The molecule has 0 bridgehead atoms. The first-order valence-electron chi connectivity index (χ1n) is 6.49. The van der Waals surface area contributed by atoms with Crippen LogP contribution in [0.25, 0.3) is 11.1 Å². The number of rotatable bonds is 5. The van der Waals surface area contributed by atoms with Gasteiger partial charge in [0.25, 0.3) is 5.91 Å². The summed E-state index contributed by atoms with van der Waals surface area (Å²) in [6.45, 7) is 1.93. The molecule has 0 saturated heterocycles. The molecule has 0 fully saturated rings. The van der Waals surface area contributed by atoms with Gasteiger partial charge in [0.1, 0.15) is 5.82 Å². The maximum Gasteiger partial charge on any atom is 0.253 e. The van der Waals surface area contributed by atoms with Gasteiger partial charge in [-0.1, -0.05) is 12.1 Å². The fourth-order valence-corrected chi connectivity index (χ4v) is 2.13. The van der Waals surface area contributed by atoms with Crippen LogP contribution in [0.1, 0.15) is 22.3 Å². The van der Waals surface area contributed by atoms with E-state index in [9.17, 15) is 14.0 Å². The Morgan fingerprint density at radius 2 is 2.10 bits per heavy atom. The molecule has 21 heavy (non-hydrogen) atoms. The van der Waals surface area contributed by atoms with E-state index < -0.39 is 5.91 Å². The molecule has 0 aliphatic heterocycles. The summed E-state index contributed by atoms with van der Waals surface area (Å²) in [5, 5.41) is 2.58. The minimum absolute atomic E-state index is 0.0597. The van der Waals surface area contributed by atoms with Gasteiger partial charge in [-0.15, -0.1) is 0 Å². The molecule has 2 amide bonds. The Hall–Kier alpha value is -2.63. The fourth-order valence-electron chi connectivity index (χ4n) is 2.13. The molecule has 6 heteroatoms. The van der Waals surface area contributed by atoms with E-state index in [1.807, 2.05) is 0 Å². The second-order valence-electron chi connectivity index (χ2n) is 4.69. The van der Waals surface area contributed by atoms with Crippen molar-refractivity contribution in [2.75, 3.05) is 6.54 Å². The van der Waals surface area contributed by atoms with Crippen molar-refractivity contribution in [3.63, 3.8) is 0 Å². The van der Waals surface area contributed by atoms with Crippen LogP contribution in [0.3, 0.4) is 0 Å². The van der Waals surface area contributed by atoms with Crippen LogP contribution in [-0.2, 0) is 4.79 Å². The van der Waals surface area contributed by atoms with Gasteiger partial charge in [-0.2, -0.15) is 0 Å². The lowest BCUT2D eigenvalue weighted by Crippen LogP contribution is -2.28. The maximum atomic E-state index is 14.0. The van der Waals surface area contributed by atoms with E-state index in [1.54, 1.807) is 25.3 Å². The van der Waals surface area contributed by atoms with Crippen molar-refractivity contribution in [1.82, 2.24) is 10.3 Å². The molecule has 0 aliphatic carbocycles. The Morgan fingerprint density at radius 3 is 2.76 bits per heavy atom. The van der Waals surface area contributed by atoms with Crippen LogP contribution < -0.4 is 11.1 Å². The molecule has 1 aromatic heterocycles. The number of hydrogen-bond donors (Lipinski definition) is 3. The van der Waals surface area contributed by atoms with Gasteiger partial charge in [0, 0.05) is 36.5 Å². The predicted octanol–water partition coefficient (Wildman–Crippen LogP) is 1.73. The van der Waals surface area contributed by atoms with Crippen LogP contribution in [0, 0.1) is 12.7 Å². The summed E-state index contributed by atoms with van der Waals surface area (Å²) in [5.41, 5.74) is 6.95. The Balaban J connectivity index is 2.26. The van der Waals surface area contributed by atoms with E-state index >= 15 is 0 Å². The standard InChI is InChI=1S/C15H16FN3O2/c1-9-3-2-4-12(16)14(9)10-7-18-8-11(10)15(21)19-6-5-13(17)20/h2-4,7-8,18H,5-6H2,1H3,(H2,17,20)(H,19,21). The van der Waals surface area contributed by atoms with Crippen molar-refractivity contribution in [1.29, 1.82) is 0 Å². The first kappa shape index (κ1) is 14.8. The number of H-pyrrole nitrogens is 1. The Bertz CT molecular complexity index is 659. The van der Waals surface area contributed by atoms with Crippen LogP contribution in [0.5, 0.6) is 0 Å². The van der Waals surface area contributed by atoms with Crippen molar-refractivity contribution in [3.8, 4) is 11.1 Å². The zero-order chi connectivity index (χ0) is 15.4. The van der Waals surface area contributed by atoms with Crippen molar-refractivity contribution >= 4 is 11.8 Å². The average Bonchev–Trinajstić information content (AvgIpc) is 2.87. The Labute approximate surface area is 121 Å². The van der Waals surface area contributed by atoms with Crippen molar-refractivity contribution in [3.05, 3.63) is 47.5 Å². The molecular weight excluding hydrogens is 273 g/mol. The Morgan fingerprint density at radius 1 is 1.33 bits per heavy atom. The second kappa shape index (κ2) is 6.21. The van der Waals surface area contributed by atoms with Gasteiger partial charge in [0.2, 0.25) is 5.91 Å². The van der Waals surface area contributed by atoms with E-state index in [0.29, 0.717) is 16.7 Å². The smallest absolute Gasteiger partial charge is 0.253 e. The van der Waals surface area contributed by atoms with Gasteiger partial charge in [-0.3, -0.25) is 9.59 Å². The molecular formula is C15H16FN3O2. The first-order chi connectivity index (χ1) is 10.0. The molecule has 1 aromatic carbocycles. The number of nitrogens with one attached hydrogen (secondary N) is 2. The lowest BCUT2D eigenvalue weighted by Gasteiger charge is -2.09. The molecule has 0 saturated carbocycles. The predicted molar refractivity (Wildman–Crippen MR) is 77.1 cm³/mol. The first-order valence-corrected chi connectivity index (χ1v) is 6.49. The van der Waals surface area contributed by atoms with Crippen LogP contribution in [0.4, 0.5) is 4.39 Å². The highest BCUT2D eigenvalue weighted by molar-refractivity contribution is 6.01. The molecule has 0 spiro atoms. The van der Waals surface area contributed by atoms with Gasteiger partial charge in [-0.25, -0.2) is 4.39 Å². The topological polar surface area (TPSA) is 88.0 Å². The van der Waals surface area contributed by atoms with E-state index in [1.165, 1.54) is 12.3 Å². The summed E-state index contributed by atoms with van der Waals surface area (Å²) in [6.07, 6.45) is 3.14. The summed E-state index contributed by atoms with van der Waals surface area (Å²) in [7, 11) is 0. The zero-order valence-corrected chi connectivity index (χ0v) is 11.6. The number of hydrogen-bond acceptors (Lipinski definition) is 2. The van der Waals surface area contributed by atoms with Gasteiger partial charge in [0.15, 0.2) is 0 Å². The van der Waals surface area contributed by atoms with E-state index in [4.69, 9.17) is 5.73 Å². The number of nitrogens with two attached hydrogens (primary N) is 1. The Kier molecular flexibility index (Phi) is 4.37. The molecule has 1 heterocycles. The summed E-state index contributed by atoms with van der Waals surface area (Å²) >= 11 is 0. The van der Waals surface area contributed by atoms with Crippen molar-refractivity contribution in [2.24, 2.45) is 5.73 Å². The SMILES string of the molecule is Cc1cccc(F)c1-c1c[nH]cc1C(=O)NCCC(N)=O. The van der Waals surface area contributed by atoms with E-state index in [0.717, 1.165) is 5.56 Å². The second-order valence-corrected chi connectivity index (χ2v) is 4.69. The maximum absolute atomic E-state index is 14.0. The lowest BCUT2D eigenvalue weighted by molar-refractivity contribution is -0.117. The minimum Gasteiger partial charge on any atom is -0.370 e. The monoisotopic (exact) mass is 289 g/mol. The molecule has 2 aromatic rings. The number of amides is 2. The van der Waals surface area contributed by atoms with Crippen LogP contribution >= 0.6 is 0 Å². The average molecular weight is 289 g/mol. The molecule has 2 rings (SSSR count). The number of aromatic amines is 1. The molecule has 0 radical (unpaired) electrons. The third kappa shape index (κ3) is 3.28. The number of carbonyl (C=O) groups is 2. The zero-order valence-electron chi connectivity index (χ0n) is 11.6. The normalized spacial score (nSPS) is 10.4. The minimum atomic E-state index is -0.491. The fraction of sp³-hybridized carbons (Fsp3) is 0.200. The summed E-state index contributed by atoms with van der Waals surface area (Å²) in [6, 6.07) is 4.75. The number of halogens is 1. The number of carbonyl (C=O) groups excluding carboxylic acids is 2. The van der Waals surface area contributed by atoms with E-state index in [2.05, 4.69) is 10.3 Å². The number of primary amides is 1. The highest BCUT2D eigenvalue weighted by Gasteiger charge is 2.17. The van der Waals surface area contributed by atoms with Gasteiger partial charge in [0.05, 0.1) is 5.56 Å². The molecule has 0 atom stereocenters. The largest absolute Gasteiger partial charge is 0.370 e. The van der Waals surface area contributed by atoms with Crippen LogP contribution in [-0.4, -0.2) is 23.3 Å². The number of benzene rings is 1. The highest BCUT2D eigenvalue weighted by Crippen LogP contribution is 2.29. The highest BCUT2D eigenvalue weighted by atomic mass is 19.1. The van der Waals surface area contributed by atoms with E-state index in [-0.39, 0.29) is 24.7 Å². The van der Waals surface area contributed by atoms with Gasteiger partial charge < -0.3 is 16.0 Å². The quantitative estimate of drug-likeness (QED) is 0.782. The molecule has 0 unspecified atom stereocenters. The third-order valence-electron chi connectivity index (χ3n) is 3.14. The summed E-state index contributed by atoms with van der Waals surface area (Å²) < 4.78 is 14.0. The number of aryl methyl sites for hydroxylation is 1.